The highest BCUT2D eigenvalue weighted by atomic mass is 16.2. The first-order valence-corrected chi connectivity index (χ1v) is 10.0. The molecular formula is C22H29N5O2. The van der Waals surface area contributed by atoms with Crippen molar-refractivity contribution in [2.75, 3.05) is 12.3 Å². The van der Waals surface area contributed by atoms with Crippen LogP contribution >= 0.6 is 0 Å². The second-order valence-corrected chi connectivity index (χ2v) is 7.55. The van der Waals surface area contributed by atoms with Gasteiger partial charge in [0.15, 0.2) is 0 Å². The number of hydrogen-bond acceptors (Lipinski definition) is 5. The molecule has 154 valence electrons. The lowest BCUT2D eigenvalue weighted by Crippen LogP contribution is -2.51. The molecule has 1 fully saturated rings. The Bertz CT molecular complexity index is 871. The number of rotatable bonds is 7. The van der Waals surface area contributed by atoms with Crippen molar-refractivity contribution in [1.29, 1.82) is 0 Å². The molecule has 0 aliphatic carbocycles. The fraction of sp³-hybridized carbons (Fsp3) is 0.409. The summed E-state index contributed by atoms with van der Waals surface area (Å²) in [6.07, 6.45) is 1.36. The van der Waals surface area contributed by atoms with Gasteiger partial charge in [0.05, 0.1) is 12.1 Å². The molecule has 0 radical (unpaired) electrons. The molecule has 0 spiro atoms. The van der Waals surface area contributed by atoms with Gasteiger partial charge in [0.1, 0.15) is 5.82 Å². The highest BCUT2D eigenvalue weighted by molar-refractivity contribution is 5.84. The smallest absolute Gasteiger partial charge is 0.237 e. The van der Waals surface area contributed by atoms with Crippen LogP contribution in [0.2, 0.25) is 0 Å². The monoisotopic (exact) mass is 395 g/mol. The Hall–Kier alpha value is -2.93. The molecule has 1 aliphatic heterocycles. The number of nitrogens with one attached hydrogen (secondary N) is 1. The number of nitrogens with two attached hydrogens (primary N) is 2. The van der Waals surface area contributed by atoms with E-state index < -0.39 is 12.1 Å². The summed E-state index contributed by atoms with van der Waals surface area (Å²) in [6, 6.07) is 12.7. The number of aryl methyl sites for hydroxylation is 1. The molecule has 1 saturated heterocycles. The molecule has 0 bridgehead atoms. The summed E-state index contributed by atoms with van der Waals surface area (Å²) in [5.41, 5.74) is 14.4. The van der Waals surface area contributed by atoms with E-state index in [1.807, 2.05) is 43.0 Å². The minimum atomic E-state index is -0.465. The van der Waals surface area contributed by atoms with Crippen LogP contribution in [0, 0.1) is 0 Å². The largest absolute Gasteiger partial charge is 0.384 e. The number of aromatic nitrogens is 1. The van der Waals surface area contributed by atoms with Crippen molar-refractivity contribution in [3.63, 3.8) is 0 Å². The van der Waals surface area contributed by atoms with E-state index in [1.165, 1.54) is 0 Å². The molecule has 2 unspecified atom stereocenters. The Balaban J connectivity index is 1.68. The maximum absolute atomic E-state index is 12.8. The van der Waals surface area contributed by atoms with Crippen LogP contribution in [0.25, 0.3) is 0 Å². The minimum Gasteiger partial charge on any atom is -0.384 e. The molecule has 7 heteroatoms. The number of carbonyl (C=O) groups excluding carboxylic acids is 2. The van der Waals surface area contributed by atoms with Gasteiger partial charge in [-0.1, -0.05) is 43.3 Å². The first-order valence-electron chi connectivity index (χ1n) is 10.0. The van der Waals surface area contributed by atoms with Gasteiger partial charge in [0.25, 0.3) is 0 Å². The van der Waals surface area contributed by atoms with E-state index in [-0.39, 0.29) is 17.7 Å². The normalized spacial score (nSPS) is 20.3. The Morgan fingerprint density at radius 1 is 1.24 bits per heavy atom. The Labute approximate surface area is 171 Å². The quantitative estimate of drug-likeness (QED) is 0.658. The minimum absolute atomic E-state index is 0.135. The number of carbonyl (C=O) groups is 2. The molecule has 1 aromatic carbocycles. The lowest BCUT2D eigenvalue weighted by Gasteiger charge is -2.28. The summed E-state index contributed by atoms with van der Waals surface area (Å²) in [5, 5.41) is 2.97. The summed E-state index contributed by atoms with van der Waals surface area (Å²) in [7, 11) is 0. The van der Waals surface area contributed by atoms with Gasteiger partial charge < -0.3 is 16.8 Å². The van der Waals surface area contributed by atoms with Gasteiger partial charge in [-0.3, -0.25) is 14.5 Å². The molecule has 5 N–H and O–H groups in total. The van der Waals surface area contributed by atoms with Crippen molar-refractivity contribution >= 4 is 17.6 Å². The molecule has 3 rings (SSSR count). The number of pyridine rings is 1. The van der Waals surface area contributed by atoms with E-state index in [9.17, 15) is 9.59 Å². The highest BCUT2D eigenvalue weighted by Crippen LogP contribution is 2.33. The van der Waals surface area contributed by atoms with Crippen LogP contribution in [0.3, 0.4) is 0 Å². The van der Waals surface area contributed by atoms with Crippen molar-refractivity contribution in [3.05, 3.63) is 59.3 Å². The van der Waals surface area contributed by atoms with Crippen molar-refractivity contribution in [2.24, 2.45) is 5.73 Å². The van der Waals surface area contributed by atoms with Crippen molar-refractivity contribution < 1.29 is 9.59 Å². The van der Waals surface area contributed by atoms with Crippen molar-refractivity contribution in [1.82, 2.24) is 15.2 Å². The van der Waals surface area contributed by atoms with Crippen LogP contribution in [-0.2, 0) is 22.6 Å². The van der Waals surface area contributed by atoms with Gasteiger partial charge in [-0.2, -0.15) is 0 Å². The number of benzene rings is 1. The number of amides is 2. The first kappa shape index (κ1) is 20.8. The maximum atomic E-state index is 12.8. The predicted octanol–water partition coefficient (Wildman–Crippen LogP) is 1.57. The molecule has 0 saturated carbocycles. The topological polar surface area (TPSA) is 114 Å². The third kappa shape index (κ3) is 4.74. The number of nitrogens with zero attached hydrogens (tertiary/aromatic N) is 2. The van der Waals surface area contributed by atoms with Crippen LogP contribution in [0.1, 0.15) is 43.0 Å². The van der Waals surface area contributed by atoms with E-state index >= 15 is 0 Å². The van der Waals surface area contributed by atoms with Crippen LogP contribution in [0.15, 0.2) is 42.5 Å². The molecule has 1 aromatic heterocycles. The fourth-order valence-electron chi connectivity index (χ4n) is 4.03. The van der Waals surface area contributed by atoms with Crippen LogP contribution in [0.5, 0.6) is 0 Å². The summed E-state index contributed by atoms with van der Waals surface area (Å²) < 4.78 is 0. The molecule has 1 aliphatic rings. The van der Waals surface area contributed by atoms with Gasteiger partial charge in [0, 0.05) is 18.8 Å². The SMILES string of the molecule is CCc1nc(N)ccc1CNC(=O)[C@H](C)N1CC(c2ccccc2)CC1C(N)=O. The van der Waals surface area contributed by atoms with E-state index in [4.69, 9.17) is 11.5 Å². The Morgan fingerprint density at radius 3 is 2.62 bits per heavy atom. The molecule has 2 amide bonds. The number of hydrogen-bond donors (Lipinski definition) is 3. The Morgan fingerprint density at radius 2 is 1.97 bits per heavy atom. The number of primary amides is 1. The van der Waals surface area contributed by atoms with Gasteiger partial charge in [-0.25, -0.2) is 4.98 Å². The third-order valence-corrected chi connectivity index (χ3v) is 5.69. The summed E-state index contributed by atoms with van der Waals surface area (Å²) in [6.45, 7) is 4.81. The van der Waals surface area contributed by atoms with Crippen LogP contribution in [0.4, 0.5) is 5.82 Å². The van der Waals surface area contributed by atoms with Gasteiger partial charge in [-0.15, -0.1) is 0 Å². The number of anilines is 1. The lowest BCUT2D eigenvalue weighted by atomic mass is 9.96. The highest BCUT2D eigenvalue weighted by Gasteiger charge is 2.40. The average Bonchev–Trinajstić information content (AvgIpc) is 3.18. The summed E-state index contributed by atoms with van der Waals surface area (Å²) in [4.78, 5) is 31.1. The maximum Gasteiger partial charge on any atom is 0.237 e. The molecule has 3 atom stereocenters. The zero-order chi connectivity index (χ0) is 21.0. The number of likely N-dealkylation sites (tertiary alicyclic amines) is 1. The van der Waals surface area contributed by atoms with Gasteiger partial charge in [0.2, 0.25) is 11.8 Å². The van der Waals surface area contributed by atoms with Crippen molar-refractivity contribution in [3.8, 4) is 0 Å². The third-order valence-electron chi connectivity index (χ3n) is 5.69. The Kier molecular flexibility index (Phi) is 6.49. The predicted molar refractivity (Wildman–Crippen MR) is 113 cm³/mol. The van der Waals surface area contributed by atoms with Crippen LogP contribution in [-0.4, -0.2) is 40.3 Å². The van der Waals surface area contributed by atoms with Crippen LogP contribution < -0.4 is 16.8 Å². The number of nitrogen functional groups attached to an aromatic ring is 1. The molecule has 7 nitrogen and oxygen atoms in total. The molecule has 29 heavy (non-hydrogen) atoms. The average molecular weight is 396 g/mol. The lowest BCUT2D eigenvalue weighted by molar-refractivity contribution is -0.129. The fourth-order valence-corrected chi connectivity index (χ4v) is 4.03. The molecule has 2 aromatic rings. The second kappa shape index (κ2) is 9.05. The molecular weight excluding hydrogens is 366 g/mol. The van der Waals surface area contributed by atoms with E-state index in [0.717, 1.165) is 23.2 Å². The van der Waals surface area contributed by atoms with E-state index in [1.54, 1.807) is 6.07 Å². The van der Waals surface area contributed by atoms with E-state index in [2.05, 4.69) is 22.4 Å². The zero-order valence-electron chi connectivity index (χ0n) is 17.0. The second-order valence-electron chi connectivity index (χ2n) is 7.55. The summed E-state index contributed by atoms with van der Waals surface area (Å²) >= 11 is 0. The summed E-state index contributed by atoms with van der Waals surface area (Å²) in [5.74, 6) is 0.124. The van der Waals surface area contributed by atoms with Crippen molar-refractivity contribution in [2.45, 2.75) is 51.2 Å². The molecule has 2 heterocycles. The zero-order valence-corrected chi connectivity index (χ0v) is 17.0. The van der Waals surface area contributed by atoms with E-state index in [0.29, 0.717) is 25.3 Å². The van der Waals surface area contributed by atoms with Gasteiger partial charge >= 0.3 is 0 Å². The van der Waals surface area contributed by atoms with Gasteiger partial charge in [-0.05, 0) is 42.9 Å². The first-order chi connectivity index (χ1) is 13.9. The standard InChI is InChI=1S/C22H29N5O2/c1-3-18-16(9-10-20(23)26-18)12-25-22(29)14(2)27-13-17(11-19(27)21(24)28)15-7-5-4-6-8-15/h4-10,14,17,19H,3,11-13H2,1-2H3,(H2,23,26)(H2,24,28)(H,25,29)/t14-,17?,19?/m0/s1.